The van der Waals surface area contributed by atoms with Crippen LogP contribution < -0.4 is 9.77 Å². The number of benzene rings is 2. The van der Waals surface area contributed by atoms with Crippen molar-refractivity contribution in [2.45, 2.75) is 23.1 Å². The van der Waals surface area contributed by atoms with Gasteiger partial charge < -0.3 is 9.72 Å². The third-order valence-electron chi connectivity index (χ3n) is 5.80. The summed E-state index contributed by atoms with van der Waals surface area (Å²) >= 11 is 2.31. The number of carbonyl (C=O) groups is 3. The molecule has 0 radical (unpaired) electrons. The number of fused-ring (bicyclic) bond motifs is 2. The number of H-pyrrole nitrogens is 1. The summed E-state index contributed by atoms with van der Waals surface area (Å²) in [6, 6.07) is 15.9. The standard InChI is InChI=1S/C25H20N2O5S2/c1-2-32-24(30)15-9-11-16(12-10-15)27-22(28)18-17(13-8-14-6-4-3-5-7-14)19-21(26-25(31)34-19)33-20(18)23(27)29/h3-13,17-18,20H,2H2,1H3,(H,26,31). The van der Waals surface area contributed by atoms with Crippen LogP contribution in [0.5, 0.6) is 0 Å². The number of nitrogens with one attached hydrogen (secondary N) is 1. The highest BCUT2D eigenvalue weighted by molar-refractivity contribution is 8.00. The second-order valence-electron chi connectivity index (χ2n) is 7.85. The number of aromatic amines is 1. The van der Waals surface area contributed by atoms with E-state index in [1.54, 1.807) is 31.2 Å². The number of allylic oxidation sites excluding steroid dienone is 1. The fourth-order valence-electron chi connectivity index (χ4n) is 4.26. The zero-order chi connectivity index (χ0) is 23.8. The summed E-state index contributed by atoms with van der Waals surface area (Å²) in [6.07, 6.45) is 3.83. The Morgan fingerprint density at radius 3 is 2.50 bits per heavy atom. The SMILES string of the molecule is CCOC(=O)c1ccc(N2C(=O)C3Sc4[nH]c(=O)sc4C(C=Cc4ccccc4)C3C2=O)cc1. The number of amides is 2. The number of anilines is 1. The van der Waals surface area contributed by atoms with Crippen LogP contribution in [0.3, 0.4) is 0 Å². The van der Waals surface area contributed by atoms with Gasteiger partial charge in [0, 0.05) is 10.8 Å². The van der Waals surface area contributed by atoms with E-state index in [1.165, 1.54) is 16.7 Å². The van der Waals surface area contributed by atoms with Gasteiger partial charge in [-0.05, 0) is 36.8 Å². The molecule has 2 aliphatic rings. The minimum atomic E-state index is -0.652. The largest absolute Gasteiger partial charge is 0.462 e. The Hall–Kier alpha value is -3.43. The molecule has 34 heavy (non-hydrogen) atoms. The lowest BCUT2D eigenvalue weighted by atomic mass is 9.88. The molecule has 2 amide bonds. The average molecular weight is 493 g/mol. The Morgan fingerprint density at radius 2 is 1.79 bits per heavy atom. The Labute approximate surface area is 203 Å². The molecule has 1 saturated heterocycles. The molecule has 3 heterocycles. The molecular formula is C25H20N2O5S2. The minimum Gasteiger partial charge on any atom is -0.462 e. The number of aromatic nitrogens is 1. The predicted octanol–water partition coefficient (Wildman–Crippen LogP) is 4.07. The molecule has 3 aromatic rings. The third kappa shape index (κ3) is 3.91. The van der Waals surface area contributed by atoms with Crippen molar-refractivity contribution in [2.75, 3.05) is 11.5 Å². The monoisotopic (exact) mass is 492 g/mol. The molecule has 1 N–H and O–H groups in total. The second kappa shape index (κ2) is 9.08. The van der Waals surface area contributed by atoms with Crippen LogP contribution in [0.4, 0.5) is 5.69 Å². The highest BCUT2D eigenvalue weighted by atomic mass is 32.2. The molecule has 0 aliphatic carbocycles. The number of hydrogen-bond donors (Lipinski definition) is 1. The molecule has 1 fully saturated rings. The topological polar surface area (TPSA) is 96.5 Å². The summed E-state index contributed by atoms with van der Waals surface area (Å²) in [6.45, 7) is 1.98. The zero-order valence-electron chi connectivity index (χ0n) is 18.1. The number of rotatable bonds is 5. The van der Waals surface area contributed by atoms with Crippen LogP contribution in [-0.2, 0) is 14.3 Å². The lowest BCUT2D eigenvalue weighted by Gasteiger charge is -2.27. The van der Waals surface area contributed by atoms with E-state index in [9.17, 15) is 19.2 Å². The van der Waals surface area contributed by atoms with Gasteiger partial charge in [-0.3, -0.25) is 14.4 Å². The van der Waals surface area contributed by atoms with E-state index in [2.05, 4.69) is 4.98 Å². The Morgan fingerprint density at radius 1 is 1.06 bits per heavy atom. The Balaban J connectivity index is 1.50. The zero-order valence-corrected chi connectivity index (χ0v) is 19.7. The third-order valence-corrected chi connectivity index (χ3v) is 8.22. The van der Waals surface area contributed by atoms with E-state index in [-0.39, 0.29) is 23.3 Å². The van der Waals surface area contributed by atoms with Gasteiger partial charge in [0.2, 0.25) is 11.8 Å². The van der Waals surface area contributed by atoms with Crippen LogP contribution in [0.15, 0.2) is 70.5 Å². The molecule has 9 heteroatoms. The summed E-state index contributed by atoms with van der Waals surface area (Å²) in [5, 5.41) is -0.0139. The van der Waals surface area contributed by atoms with E-state index in [0.717, 1.165) is 21.8 Å². The average Bonchev–Trinajstić information content (AvgIpc) is 3.34. The van der Waals surface area contributed by atoms with Crippen molar-refractivity contribution in [3.63, 3.8) is 0 Å². The molecule has 7 nitrogen and oxygen atoms in total. The van der Waals surface area contributed by atoms with E-state index >= 15 is 0 Å². The molecule has 0 saturated carbocycles. The van der Waals surface area contributed by atoms with Crippen LogP contribution in [0.25, 0.3) is 6.08 Å². The number of thiazole rings is 1. The summed E-state index contributed by atoms with van der Waals surface area (Å²) in [5.41, 5.74) is 1.71. The highest BCUT2D eigenvalue weighted by Crippen LogP contribution is 2.51. The normalized spacial score (nSPS) is 21.6. The lowest BCUT2D eigenvalue weighted by molar-refractivity contribution is -0.122. The summed E-state index contributed by atoms with van der Waals surface area (Å²) in [5.74, 6) is -2.16. The number of esters is 1. The predicted molar refractivity (Wildman–Crippen MR) is 131 cm³/mol. The minimum absolute atomic E-state index is 0.207. The van der Waals surface area contributed by atoms with Crippen LogP contribution in [-0.4, -0.2) is 34.6 Å². The maximum Gasteiger partial charge on any atom is 0.338 e. The van der Waals surface area contributed by atoms with Gasteiger partial charge in [0.05, 0.1) is 28.8 Å². The van der Waals surface area contributed by atoms with Crippen LogP contribution in [0, 0.1) is 5.92 Å². The molecule has 3 unspecified atom stereocenters. The lowest BCUT2D eigenvalue weighted by Crippen LogP contribution is -2.31. The van der Waals surface area contributed by atoms with Gasteiger partial charge in [-0.2, -0.15) is 0 Å². The molecule has 5 rings (SSSR count). The first kappa shape index (κ1) is 22.4. The van der Waals surface area contributed by atoms with Crippen molar-refractivity contribution in [1.29, 1.82) is 0 Å². The van der Waals surface area contributed by atoms with Gasteiger partial charge >= 0.3 is 10.8 Å². The smallest absolute Gasteiger partial charge is 0.338 e. The quantitative estimate of drug-likeness (QED) is 0.426. The van der Waals surface area contributed by atoms with Crippen molar-refractivity contribution in [2.24, 2.45) is 5.92 Å². The second-order valence-corrected chi connectivity index (χ2v) is 10.0. The Kier molecular flexibility index (Phi) is 5.97. The molecule has 2 aromatic carbocycles. The van der Waals surface area contributed by atoms with Crippen molar-refractivity contribution in [3.05, 3.63) is 86.3 Å². The maximum atomic E-state index is 13.6. The van der Waals surface area contributed by atoms with Gasteiger partial charge in [0.1, 0.15) is 5.25 Å². The van der Waals surface area contributed by atoms with E-state index < -0.39 is 23.1 Å². The van der Waals surface area contributed by atoms with Gasteiger partial charge in [-0.1, -0.05) is 65.6 Å². The Bertz CT molecular complexity index is 1340. The van der Waals surface area contributed by atoms with Crippen LogP contribution in [0.2, 0.25) is 0 Å². The van der Waals surface area contributed by atoms with Crippen molar-refractivity contribution in [1.82, 2.24) is 4.98 Å². The molecule has 1 aromatic heterocycles. The first-order valence-corrected chi connectivity index (χ1v) is 12.5. The van der Waals surface area contributed by atoms with Crippen molar-refractivity contribution >= 4 is 52.6 Å². The van der Waals surface area contributed by atoms with Crippen molar-refractivity contribution in [3.8, 4) is 0 Å². The maximum absolute atomic E-state index is 13.6. The van der Waals surface area contributed by atoms with E-state index in [0.29, 0.717) is 16.3 Å². The molecular weight excluding hydrogens is 472 g/mol. The molecule has 172 valence electrons. The number of ether oxygens (including phenoxy) is 1. The summed E-state index contributed by atoms with van der Waals surface area (Å²) in [7, 11) is 0. The van der Waals surface area contributed by atoms with Gasteiger partial charge in [-0.15, -0.1) is 0 Å². The van der Waals surface area contributed by atoms with Crippen molar-refractivity contribution < 1.29 is 19.1 Å². The van der Waals surface area contributed by atoms with E-state index in [1.807, 2.05) is 42.5 Å². The molecule has 2 aliphatic heterocycles. The van der Waals surface area contributed by atoms with E-state index in [4.69, 9.17) is 4.74 Å². The van der Waals surface area contributed by atoms with Crippen LogP contribution >= 0.6 is 23.1 Å². The molecule has 0 spiro atoms. The summed E-state index contributed by atoms with van der Waals surface area (Å²) in [4.78, 5) is 55.6. The number of nitrogens with zero attached hydrogens (tertiary/aromatic N) is 1. The number of carbonyl (C=O) groups excluding carboxylic acids is 3. The fourth-order valence-corrected chi connectivity index (χ4v) is 6.75. The van der Waals surface area contributed by atoms with Gasteiger partial charge in [-0.25, -0.2) is 9.69 Å². The first-order chi connectivity index (χ1) is 16.5. The fraction of sp³-hybridized carbons (Fsp3) is 0.200. The molecule has 0 bridgehead atoms. The van der Waals surface area contributed by atoms with Crippen LogP contribution in [0.1, 0.15) is 33.6 Å². The number of thioether (sulfide) groups is 1. The highest BCUT2D eigenvalue weighted by Gasteiger charge is 2.55. The molecule has 3 atom stereocenters. The summed E-state index contributed by atoms with van der Waals surface area (Å²) < 4.78 is 5.00. The number of hydrogen-bond acceptors (Lipinski definition) is 7. The van der Waals surface area contributed by atoms with Gasteiger partial charge in [0.15, 0.2) is 0 Å². The number of imide groups is 1. The first-order valence-electron chi connectivity index (χ1n) is 10.8. The van der Waals surface area contributed by atoms with Gasteiger partial charge in [0.25, 0.3) is 0 Å².